The lowest BCUT2D eigenvalue weighted by Gasteiger charge is -2.14. The number of hydrogen-bond donors (Lipinski definition) is 2. The van der Waals surface area contributed by atoms with Gasteiger partial charge in [-0.05, 0) is 36.1 Å². The molecule has 0 fully saturated rings. The molecule has 0 spiro atoms. The Morgan fingerprint density at radius 1 is 0.735 bits per heavy atom. The molecule has 2 aromatic heterocycles. The molecule has 0 unspecified atom stereocenters. The Hall–Kier alpha value is -3.97. The fraction of sp³-hybridized carbons (Fsp3) is 0.222. The summed E-state index contributed by atoms with van der Waals surface area (Å²) in [6, 6.07) is 22.9. The third kappa shape index (κ3) is 5.32. The molecule has 0 radical (unpaired) electrons. The summed E-state index contributed by atoms with van der Waals surface area (Å²) >= 11 is 0. The predicted octanol–water partition coefficient (Wildman–Crippen LogP) is 4.89. The zero-order chi connectivity index (χ0) is 23.0. The summed E-state index contributed by atoms with van der Waals surface area (Å²) in [5, 5.41) is 10.6. The van der Waals surface area contributed by atoms with Crippen molar-refractivity contribution in [1.82, 2.24) is 35.9 Å². The third-order valence-electron chi connectivity index (χ3n) is 5.95. The van der Waals surface area contributed by atoms with Gasteiger partial charge in [0.1, 0.15) is 5.69 Å². The molecular formula is C27H29N7. The highest BCUT2D eigenvalue weighted by atomic mass is 15.7. The van der Waals surface area contributed by atoms with Crippen molar-refractivity contribution in [3.63, 3.8) is 0 Å². The topological polar surface area (TPSA) is 70.9 Å². The minimum Gasteiger partial charge on any atom is -0.302 e. The van der Waals surface area contributed by atoms with Crippen molar-refractivity contribution >= 4 is 5.70 Å². The smallest absolute Gasteiger partial charge is 0.114 e. The molecule has 2 aromatic carbocycles. The maximum absolute atomic E-state index is 4.26. The fourth-order valence-electron chi connectivity index (χ4n) is 4.16. The van der Waals surface area contributed by atoms with Crippen LogP contribution in [-0.4, -0.2) is 31.5 Å². The zero-order valence-electron chi connectivity index (χ0n) is 19.1. The van der Waals surface area contributed by atoms with E-state index < -0.39 is 0 Å². The number of aromatic nitrogens is 4. The van der Waals surface area contributed by atoms with Gasteiger partial charge in [-0.15, -0.1) is 10.6 Å². The molecule has 2 N–H and O–H groups in total. The van der Waals surface area contributed by atoms with Crippen LogP contribution in [0.4, 0.5) is 0 Å². The molecule has 0 atom stereocenters. The molecule has 0 amide bonds. The maximum Gasteiger partial charge on any atom is 0.114 e. The van der Waals surface area contributed by atoms with Gasteiger partial charge in [0.25, 0.3) is 0 Å². The number of rotatable bonds is 10. The Balaban J connectivity index is 1.07. The fourth-order valence-corrected chi connectivity index (χ4v) is 4.16. The van der Waals surface area contributed by atoms with E-state index in [9.17, 15) is 0 Å². The number of unbranched alkanes of at least 4 members (excludes halogenated alkanes) is 3. The Morgan fingerprint density at radius 3 is 2.32 bits per heavy atom. The highest BCUT2D eigenvalue weighted by Gasteiger charge is 2.15. The Labute approximate surface area is 200 Å². The monoisotopic (exact) mass is 451 g/mol. The highest BCUT2D eigenvalue weighted by molar-refractivity contribution is 5.80. The van der Waals surface area contributed by atoms with E-state index in [0.717, 1.165) is 49.3 Å². The molecular weight excluding hydrogens is 422 g/mol. The maximum atomic E-state index is 4.26. The Morgan fingerprint density at radius 2 is 1.50 bits per heavy atom. The summed E-state index contributed by atoms with van der Waals surface area (Å²) in [7, 11) is 0. The predicted molar refractivity (Wildman–Crippen MR) is 135 cm³/mol. The second-order valence-corrected chi connectivity index (χ2v) is 8.41. The molecule has 0 aliphatic carbocycles. The van der Waals surface area contributed by atoms with Gasteiger partial charge >= 0.3 is 0 Å². The molecule has 172 valence electrons. The molecule has 7 heteroatoms. The molecule has 1 aliphatic heterocycles. The van der Waals surface area contributed by atoms with Crippen LogP contribution in [0.5, 0.6) is 0 Å². The first-order valence-electron chi connectivity index (χ1n) is 11.8. The molecule has 5 rings (SSSR count). The lowest BCUT2D eigenvalue weighted by Crippen LogP contribution is -2.36. The van der Waals surface area contributed by atoms with Crippen molar-refractivity contribution in [3.8, 4) is 22.4 Å². The number of hydrazine groups is 2. The second kappa shape index (κ2) is 10.8. The number of pyridine rings is 1. The lowest BCUT2D eigenvalue weighted by molar-refractivity contribution is 0.266. The molecule has 0 saturated heterocycles. The minimum atomic E-state index is 0.872. The summed E-state index contributed by atoms with van der Waals surface area (Å²) in [5.74, 6) is 0. The van der Waals surface area contributed by atoms with E-state index in [4.69, 9.17) is 0 Å². The average Bonchev–Trinajstić information content (AvgIpc) is 3.57. The summed E-state index contributed by atoms with van der Waals surface area (Å²) < 4.78 is 1.92. The summed E-state index contributed by atoms with van der Waals surface area (Å²) in [6.07, 6.45) is 12.3. The van der Waals surface area contributed by atoms with Crippen LogP contribution < -0.4 is 11.0 Å². The molecule has 3 heterocycles. The van der Waals surface area contributed by atoms with Crippen LogP contribution in [0.25, 0.3) is 28.1 Å². The number of nitrogens with one attached hydrogen (secondary N) is 2. The van der Waals surface area contributed by atoms with Crippen molar-refractivity contribution in [2.24, 2.45) is 0 Å². The molecule has 0 bridgehead atoms. The van der Waals surface area contributed by atoms with Crippen LogP contribution >= 0.6 is 0 Å². The standard InChI is InChI=1S/C27H29N7/c1(8-17-33-20-26(29-31-33)23-13-10-16-28-19-23)2-9-18-34-21-27(30-32-34)25-15-7-6-14-24(25)22-11-4-3-5-12-22/h3-7,10-16,19-21,30,32H,1-2,8-9,17-18H2. The highest BCUT2D eigenvalue weighted by Crippen LogP contribution is 2.28. The normalized spacial score (nSPS) is 13.1. The first kappa shape index (κ1) is 21.9. The van der Waals surface area contributed by atoms with Crippen molar-refractivity contribution in [3.05, 3.63) is 97.1 Å². The van der Waals surface area contributed by atoms with Gasteiger partial charge in [-0.3, -0.25) is 14.7 Å². The number of aryl methyl sites for hydroxylation is 1. The lowest BCUT2D eigenvalue weighted by atomic mass is 9.98. The van der Waals surface area contributed by atoms with E-state index in [1.54, 1.807) is 6.20 Å². The van der Waals surface area contributed by atoms with Crippen molar-refractivity contribution in [2.75, 3.05) is 6.54 Å². The summed E-state index contributed by atoms with van der Waals surface area (Å²) in [4.78, 5) is 4.14. The van der Waals surface area contributed by atoms with E-state index in [0.29, 0.717) is 0 Å². The molecule has 34 heavy (non-hydrogen) atoms. The first-order valence-corrected chi connectivity index (χ1v) is 11.8. The molecule has 0 saturated carbocycles. The Bertz CT molecular complexity index is 1220. The van der Waals surface area contributed by atoms with Gasteiger partial charge in [-0.2, -0.15) is 0 Å². The van der Waals surface area contributed by atoms with E-state index in [-0.39, 0.29) is 0 Å². The van der Waals surface area contributed by atoms with Gasteiger partial charge < -0.3 is 5.43 Å². The van der Waals surface area contributed by atoms with Crippen LogP contribution in [0.1, 0.15) is 31.2 Å². The van der Waals surface area contributed by atoms with Crippen LogP contribution in [-0.2, 0) is 6.54 Å². The average molecular weight is 452 g/mol. The Kier molecular flexibility index (Phi) is 6.92. The van der Waals surface area contributed by atoms with Gasteiger partial charge in [0.05, 0.1) is 11.9 Å². The van der Waals surface area contributed by atoms with Crippen molar-refractivity contribution in [2.45, 2.75) is 32.2 Å². The second-order valence-electron chi connectivity index (χ2n) is 8.41. The number of nitrogens with zero attached hydrogens (tertiary/aromatic N) is 5. The van der Waals surface area contributed by atoms with Gasteiger partial charge in [0.15, 0.2) is 0 Å². The van der Waals surface area contributed by atoms with Gasteiger partial charge in [-0.1, -0.05) is 72.7 Å². The zero-order valence-corrected chi connectivity index (χ0v) is 19.1. The quantitative estimate of drug-likeness (QED) is 0.335. The molecule has 1 aliphatic rings. The van der Waals surface area contributed by atoms with Crippen LogP contribution in [0.15, 0.2) is 91.5 Å². The van der Waals surface area contributed by atoms with E-state index >= 15 is 0 Å². The molecule has 7 nitrogen and oxygen atoms in total. The largest absolute Gasteiger partial charge is 0.302 e. The number of benzene rings is 2. The third-order valence-corrected chi connectivity index (χ3v) is 5.95. The van der Waals surface area contributed by atoms with Crippen LogP contribution in [0, 0.1) is 0 Å². The summed E-state index contributed by atoms with van der Waals surface area (Å²) in [5.41, 5.74) is 13.2. The van der Waals surface area contributed by atoms with E-state index in [2.05, 4.69) is 86.0 Å². The SMILES string of the molecule is C1=C(c2ccccc2-c2ccccc2)NNN1CCCCCCn1cc(-c2cccnc2)nn1. The molecule has 4 aromatic rings. The van der Waals surface area contributed by atoms with Crippen molar-refractivity contribution < 1.29 is 0 Å². The van der Waals surface area contributed by atoms with Crippen LogP contribution in [0.2, 0.25) is 0 Å². The van der Waals surface area contributed by atoms with E-state index in [1.807, 2.05) is 35.3 Å². The van der Waals surface area contributed by atoms with Crippen LogP contribution in [0.3, 0.4) is 0 Å². The summed E-state index contributed by atoms with van der Waals surface area (Å²) in [6.45, 7) is 1.84. The van der Waals surface area contributed by atoms with E-state index in [1.165, 1.54) is 23.1 Å². The van der Waals surface area contributed by atoms with Crippen molar-refractivity contribution in [1.29, 1.82) is 0 Å². The van der Waals surface area contributed by atoms with Gasteiger partial charge in [0, 0.05) is 42.8 Å². The van der Waals surface area contributed by atoms with Gasteiger partial charge in [-0.25, -0.2) is 0 Å². The minimum absolute atomic E-state index is 0.872. The number of hydrogen-bond acceptors (Lipinski definition) is 6. The van der Waals surface area contributed by atoms with Gasteiger partial charge in [0.2, 0.25) is 0 Å². The first-order chi connectivity index (χ1) is 16.9.